The van der Waals surface area contributed by atoms with Crippen molar-refractivity contribution < 1.29 is 5.11 Å². The first kappa shape index (κ1) is 22.6. The van der Waals surface area contributed by atoms with E-state index in [1.165, 1.54) is 5.56 Å². The number of anilines is 2. The lowest BCUT2D eigenvalue weighted by atomic mass is 9.94. The fourth-order valence-electron chi connectivity index (χ4n) is 4.27. The Kier molecular flexibility index (Phi) is 6.68. The number of nitrogens with zero attached hydrogens (tertiary/aromatic N) is 3. The molecule has 3 heterocycles. The van der Waals surface area contributed by atoms with Crippen LogP contribution in [0.25, 0.3) is 10.2 Å². The second kappa shape index (κ2) is 9.48. The van der Waals surface area contributed by atoms with Gasteiger partial charge in [-0.25, -0.2) is 9.97 Å². The van der Waals surface area contributed by atoms with E-state index in [9.17, 15) is 5.11 Å². The summed E-state index contributed by atoms with van der Waals surface area (Å²) < 4.78 is 0. The van der Waals surface area contributed by atoms with Crippen LogP contribution in [0.5, 0.6) is 0 Å². The number of aromatic nitrogens is 3. The highest BCUT2D eigenvalue weighted by Gasteiger charge is 2.45. The van der Waals surface area contributed by atoms with E-state index in [1.54, 1.807) is 30.1 Å². The van der Waals surface area contributed by atoms with Crippen LogP contribution in [0.3, 0.4) is 0 Å². The number of fused-ring (bicyclic) bond motifs is 1. The van der Waals surface area contributed by atoms with Crippen molar-refractivity contribution in [3.63, 3.8) is 0 Å². The Morgan fingerprint density at radius 2 is 1.97 bits per heavy atom. The van der Waals surface area contributed by atoms with E-state index in [-0.39, 0.29) is 24.4 Å². The molecule has 4 aromatic rings. The summed E-state index contributed by atoms with van der Waals surface area (Å²) in [6, 6.07) is 14.3. The van der Waals surface area contributed by atoms with E-state index in [0.29, 0.717) is 13.0 Å². The normalized spacial score (nSPS) is 22.6. The summed E-state index contributed by atoms with van der Waals surface area (Å²) in [7, 11) is 0. The molecule has 0 spiro atoms. The molecule has 1 saturated carbocycles. The molecule has 5 rings (SSSR count). The van der Waals surface area contributed by atoms with Gasteiger partial charge in [-0.1, -0.05) is 12.1 Å². The molecule has 32 heavy (non-hydrogen) atoms. The zero-order chi connectivity index (χ0) is 21.3. The first-order chi connectivity index (χ1) is 15.1. The van der Waals surface area contributed by atoms with Crippen molar-refractivity contribution in [2.24, 2.45) is 5.73 Å². The number of thiophene rings is 1. The van der Waals surface area contributed by atoms with Gasteiger partial charge < -0.3 is 21.5 Å². The van der Waals surface area contributed by atoms with Gasteiger partial charge in [-0.15, -0.1) is 23.7 Å². The first-order valence-electron chi connectivity index (χ1n) is 10.3. The Morgan fingerprint density at radius 3 is 2.75 bits per heavy atom. The van der Waals surface area contributed by atoms with Crippen LogP contribution in [0.4, 0.5) is 11.4 Å². The average Bonchev–Trinajstić information content (AvgIpc) is 3.37. The van der Waals surface area contributed by atoms with E-state index >= 15 is 0 Å². The molecular formula is C23H25ClN6OS. The quantitative estimate of drug-likeness (QED) is 0.317. The number of nitrogens with one attached hydrogen (secondary N) is 2. The van der Waals surface area contributed by atoms with Crippen LogP contribution >= 0.6 is 23.7 Å². The van der Waals surface area contributed by atoms with Gasteiger partial charge >= 0.3 is 0 Å². The van der Waals surface area contributed by atoms with Gasteiger partial charge in [-0.2, -0.15) is 0 Å². The van der Waals surface area contributed by atoms with Crippen molar-refractivity contribution in [1.29, 1.82) is 0 Å². The van der Waals surface area contributed by atoms with Crippen molar-refractivity contribution in [2.75, 3.05) is 5.32 Å². The van der Waals surface area contributed by atoms with E-state index in [0.717, 1.165) is 33.7 Å². The van der Waals surface area contributed by atoms with Crippen LogP contribution in [0.1, 0.15) is 30.0 Å². The van der Waals surface area contributed by atoms with E-state index in [2.05, 4.69) is 49.9 Å². The molecule has 0 radical (unpaired) electrons. The number of rotatable bonds is 6. The Morgan fingerprint density at radius 1 is 1.12 bits per heavy atom. The molecular weight excluding hydrogens is 444 g/mol. The summed E-state index contributed by atoms with van der Waals surface area (Å²) in [5.74, 6) is -0.226. The number of halogens is 1. The number of aliphatic hydroxyl groups is 1. The van der Waals surface area contributed by atoms with Gasteiger partial charge in [0.2, 0.25) is 0 Å². The maximum Gasteiger partial charge on any atom is 0.126 e. The summed E-state index contributed by atoms with van der Waals surface area (Å²) in [5.41, 5.74) is 8.99. The molecule has 3 unspecified atom stereocenters. The highest BCUT2D eigenvalue weighted by atomic mass is 35.5. The SMILES string of the molecule is Cl.NC1(O)CC(NCc2ccc(Nc3cccnc3)cc2)CC1c1ncnc2sccc12. The molecule has 0 saturated heterocycles. The second-order valence-corrected chi connectivity index (χ2v) is 8.92. The number of nitrogens with two attached hydrogens (primary N) is 1. The predicted molar refractivity (Wildman–Crippen MR) is 130 cm³/mol. The van der Waals surface area contributed by atoms with Gasteiger partial charge in [0.1, 0.15) is 16.9 Å². The summed E-state index contributed by atoms with van der Waals surface area (Å²) in [6.45, 7) is 0.707. The summed E-state index contributed by atoms with van der Waals surface area (Å²) in [4.78, 5) is 13.8. The number of hydrogen-bond donors (Lipinski definition) is 4. The smallest absolute Gasteiger partial charge is 0.126 e. The largest absolute Gasteiger partial charge is 0.375 e. The number of pyridine rings is 1. The molecule has 5 N–H and O–H groups in total. The topological polar surface area (TPSA) is 109 Å². The van der Waals surface area contributed by atoms with Crippen molar-refractivity contribution in [1.82, 2.24) is 20.3 Å². The average molecular weight is 469 g/mol. The zero-order valence-electron chi connectivity index (χ0n) is 17.3. The van der Waals surface area contributed by atoms with Gasteiger partial charge in [0.05, 0.1) is 17.6 Å². The second-order valence-electron chi connectivity index (χ2n) is 8.02. The van der Waals surface area contributed by atoms with Crippen LogP contribution in [-0.2, 0) is 6.54 Å². The molecule has 1 fully saturated rings. The van der Waals surface area contributed by atoms with E-state index in [1.807, 2.05) is 23.6 Å². The molecule has 3 aromatic heterocycles. The third-order valence-electron chi connectivity index (χ3n) is 5.82. The minimum atomic E-state index is -1.29. The van der Waals surface area contributed by atoms with Crippen LogP contribution in [-0.4, -0.2) is 31.8 Å². The van der Waals surface area contributed by atoms with Crippen molar-refractivity contribution in [3.8, 4) is 0 Å². The standard InChI is InChI=1S/C23H24N6OS.ClH/c24-23(30)11-18(10-20(23)21-19-7-9-31-22(19)28-14-27-21)26-12-15-3-5-16(6-4-15)29-17-2-1-8-25-13-17;/h1-9,13-14,18,20,26,29-30H,10-12,24H2;1H. The molecule has 1 aliphatic carbocycles. The predicted octanol–water partition coefficient (Wildman–Crippen LogP) is 3.93. The Hall–Kier alpha value is -2.62. The van der Waals surface area contributed by atoms with Gasteiger partial charge in [-0.3, -0.25) is 4.98 Å². The minimum Gasteiger partial charge on any atom is -0.375 e. The number of hydrogen-bond acceptors (Lipinski definition) is 8. The van der Waals surface area contributed by atoms with Gasteiger partial charge in [-0.05, 0) is 47.7 Å². The molecule has 0 bridgehead atoms. The highest BCUT2D eigenvalue weighted by Crippen LogP contribution is 2.41. The number of benzene rings is 1. The fraction of sp³-hybridized carbons (Fsp3) is 0.261. The summed E-state index contributed by atoms with van der Waals surface area (Å²) >= 11 is 1.57. The maximum atomic E-state index is 10.9. The van der Waals surface area contributed by atoms with Crippen molar-refractivity contribution in [2.45, 2.75) is 37.1 Å². The Labute approximate surface area is 196 Å². The maximum absolute atomic E-state index is 10.9. The van der Waals surface area contributed by atoms with Gasteiger partial charge in [0.15, 0.2) is 0 Å². The van der Waals surface area contributed by atoms with Crippen molar-refractivity contribution >= 4 is 45.3 Å². The molecule has 9 heteroatoms. The molecule has 1 aliphatic rings. The van der Waals surface area contributed by atoms with Crippen molar-refractivity contribution in [3.05, 3.63) is 77.8 Å². The molecule has 7 nitrogen and oxygen atoms in total. The highest BCUT2D eigenvalue weighted by molar-refractivity contribution is 7.16. The molecule has 166 valence electrons. The lowest BCUT2D eigenvalue weighted by molar-refractivity contribution is 0.0340. The lowest BCUT2D eigenvalue weighted by Gasteiger charge is -2.24. The van der Waals surface area contributed by atoms with Crippen LogP contribution in [0, 0.1) is 0 Å². The fourth-order valence-corrected chi connectivity index (χ4v) is 5.01. The van der Waals surface area contributed by atoms with Gasteiger partial charge in [0, 0.05) is 42.2 Å². The van der Waals surface area contributed by atoms with E-state index in [4.69, 9.17) is 5.73 Å². The Balaban J connectivity index is 0.00000245. The molecule has 1 aromatic carbocycles. The minimum absolute atomic E-state index is 0. The third kappa shape index (κ3) is 4.74. The molecule has 3 atom stereocenters. The first-order valence-corrected chi connectivity index (χ1v) is 11.2. The summed E-state index contributed by atoms with van der Waals surface area (Å²) in [5, 5.41) is 20.8. The van der Waals surface area contributed by atoms with Gasteiger partial charge in [0.25, 0.3) is 0 Å². The zero-order valence-corrected chi connectivity index (χ0v) is 18.9. The van der Waals surface area contributed by atoms with Crippen LogP contribution in [0.15, 0.2) is 66.6 Å². The lowest BCUT2D eigenvalue weighted by Crippen LogP contribution is -2.43. The van der Waals surface area contributed by atoms with Crippen LogP contribution < -0.4 is 16.4 Å². The van der Waals surface area contributed by atoms with Crippen LogP contribution in [0.2, 0.25) is 0 Å². The summed E-state index contributed by atoms with van der Waals surface area (Å²) in [6.07, 6.45) is 6.32. The molecule has 0 aliphatic heterocycles. The third-order valence-corrected chi connectivity index (χ3v) is 6.64. The Bertz CT molecular complexity index is 1170. The van der Waals surface area contributed by atoms with E-state index < -0.39 is 5.72 Å². The molecule has 0 amide bonds. The monoisotopic (exact) mass is 468 g/mol.